The number of anilines is 1. The summed E-state index contributed by atoms with van der Waals surface area (Å²) in [5.41, 5.74) is 2.11. The fourth-order valence-electron chi connectivity index (χ4n) is 1.96. The van der Waals surface area contributed by atoms with Crippen molar-refractivity contribution in [2.45, 2.75) is 19.9 Å². The third-order valence-electron chi connectivity index (χ3n) is 3.05. The van der Waals surface area contributed by atoms with Crippen molar-refractivity contribution >= 4 is 22.7 Å². The van der Waals surface area contributed by atoms with Gasteiger partial charge in [0, 0.05) is 29.2 Å². The van der Waals surface area contributed by atoms with Gasteiger partial charge in [0.2, 0.25) is 0 Å². The molecule has 0 bridgehead atoms. The zero-order valence-corrected chi connectivity index (χ0v) is 12.2. The molecule has 0 aliphatic rings. The summed E-state index contributed by atoms with van der Waals surface area (Å²) in [6.07, 6.45) is 1.00. The number of methoxy groups -OCH3 is 1. The van der Waals surface area contributed by atoms with E-state index in [4.69, 9.17) is 4.74 Å². The van der Waals surface area contributed by atoms with E-state index in [1.54, 1.807) is 23.5 Å². The van der Waals surface area contributed by atoms with E-state index in [-0.39, 0.29) is 11.4 Å². The highest BCUT2D eigenvalue weighted by molar-refractivity contribution is 7.10. The van der Waals surface area contributed by atoms with Gasteiger partial charge in [0.15, 0.2) is 5.75 Å². The first-order valence-corrected chi connectivity index (χ1v) is 7.15. The Labute approximate surface area is 121 Å². The largest absolute Gasteiger partial charge is 0.490 e. The average molecular weight is 292 g/mol. The summed E-state index contributed by atoms with van der Waals surface area (Å²) >= 11 is 1.71. The maximum Gasteiger partial charge on any atom is 0.311 e. The molecule has 1 N–H and O–H groups in total. The van der Waals surface area contributed by atoms with Gasteiger partial charge < -0.3 is 10.1 Å². The standard InChI is InChI=1S/C14H16N2O3S/c1-3-10-6-7-20-14(10)9-15-11-4-5-12(16(17)18)13(8-11)19-2/h4-8,15H,3,9H2,1-2H3. The van der Waals surface area contributed by atoms with Crippen molar-refractivity contribution < 1.29 is 9.66 Å². The first-order chi connectivity index (χ1) is 9.65. The number of nitrogens with zero attached hydrogens (tertiary/aromatic N) is 1. The summed E-state index contributed by atoms with van der Waals surface area (Å²) < 4.78 is 5.05. The minimum atomic E-state index is -0.447. The first-order valence-electron chi connectivity index (χ1n) is 6.27. The van der Waals surface area contributed by atoms with Crippen LogP contribution < -0.4 is 10.1 Å². The van der Waals surface area contributed by atoms with Gasteiger partial charge in [-0.1, -0.05) is 6.92 Å². The third-order valence-corrected chi connectivity index (χ3v) is 4.01. The number of rotatable bonds is 6. The molecule has 20 heavy (non-hydrogen) atoms. The highest BCUT2D eigenvalue weighted by Gasteiger charge is 2.14. The van der Waals surface area contributed by atoms with Gasteiger partial charge in [-0.3, -0.25) is 10.1 Å². The second kappa shape index (κ2) is 6.38. The van der Waals surface area contributed by atoms with Crippen LogP contribution in [0.1, 0.15) is 17.4 Å². The summed E-state index contributed by atoms with van der Waals surface area (Å²) in [7, 11) is 1.43. The predicted octanol–water partition coefficient (Wildman–Crippen LogP) is 3.84. The lowest BCUT2D eigenvalue weighted by Gasteiger charge is -2.08. The average Bonchev–Trinajstić information content (AvgIpc) is 2.92. The fraction of sp³-hybridized carbons (Fsp3) is 0.286. The van der Waals surface area contributed by atoms with Gasteiger partial charge in [-0.25, -0.2) is 0 Å². The van der Waals surface area contributed by atoms with Crippen LogP contribution in [0.2, 0.25) is 0 Å². The lowest BCUT2D eigenvalue weighted by molar-refractivity contribution is -0.385. The zero-order chi connectivity index (χ0) is 14.5. The molecule has 1 aromatic heterocycles. The van der Waals surface area contributed by atoms with E-state index < -0.39 is 4.92 Å². The van der Waals surface area contributed by atoms with Gasteiger partial charge >= 0.3 is 5.69 Å². The molecule has 6 heteroatoms. The molecule has 2 rings (SSSR count). The molecule has 0 radical (unpaired) electrons. The Morgan fingerprint density at radius 2 is 2.20 bits per heavy atom. The molecule has 5 nitrogen and oxygen atoms in total. The predicted molar refractivity (Wildman–Crippen MR) is 80.7 cm³/mol. The van der Waals surface area contributed by atoms with E-state index >= 15 is 0 Å². The Morgan fingerprint density at radius 3 is 2.85 bits per heavy atom. The van der Waals surface area contributed by atoms with Gasteiger partial charge in [-0.15, -0.1) is 11.3 Å². The second-order valence-electron chi connectivity index (χ2n) is 4.22. The number of thiophene rings is 1. The fourth-order valence-corrected chi connectivity index (χ4v) is 2.87. The normalized spacial score (nSPS) is 10.3. The third kappa shape index (κ3) is 3.08. The summed E-state index contributed by atoms with van der Waals surface area (Å²) in [6.45, 7) is 2.84. The second-order valence-corrected chi connectivity index (χ2v) is 5.22. The molecule has 0 aliphatic heterocycles. The number of benzene rings is 1. The SMILES string of the molecule is CCc1ccsc1CNc1ccc([N+](=O)[O-])c(OC)c1. The van der Waals surface area contributed by atoms with Gasteiger partial charge in [0.1, 0.15) is 0 Å². The number of hydrogen-bond acceptors (Lipinski definition) is 5. The van der Waals surface area contributed by atoms with Crippen molar-refractivity contribution in [3.63, 3.8) is 0 Å². The lowest BCUT2D eigenvalue weighted by atomic mass is 10.2. The molecule has 0 spiro atoms. The first kappa shape index (κ1) is 14.3. The molecule has 0 unspecified atom stereocenters. The highest BCUT2D eigenvalue weighted by atomic mass is 32.1. The van der Waals surface area contributed by atoms with Gasteiger partial charge in [-0.05, 0) is 29.5 Å². The summed E-state index contributed by atoms with van der Waals surface area (Å²) in [6, 6.07) is 6.92. The Hall–Kier alpha value is -2.08. The van der Waals surface area contributed by atoms with Gasteiger partial charge in [0.05, 0.1) is 12.0 Å². The highest BCUT2D eigenvalue weighted by Crippen LogP contribution is 2.30. The number of nitrogens with one attached hydrogen (secondary N) is 1. The van der Waals surface area contributed by atoms with Crippen molar-refractivity contribution in [1.29, 1.82) is 0 Å². The molecule has 1 heterocycles. The van der Waals surface area contributed by atoms with Crippen LogP contribution in [-0.4, -0.2) is 12.0 Å². The van der Waals surface area contributed by atoms with E-state index in [1.807, 2.05) is 0 Å². The molecule has 0 atom stereocenters. The molecular formula is C14H16N2O3S. The van der Waals surface area contributed by atoms with E-state index in [0.717, 1.165) is 12.1 Å². The quantitative estimate of drug-likeness (QED) is 0.649. The minimum Gasteiger partial charge on any atom is -0.490 e. The van der Waals surface area contributed by atoms with E-state index in [2.05, 4.69) is 23.7 Å². The molecule has 0 saturated carbocycles. The maximum absolute atomic E-state index is 10.8. The number of hydrogen-bond donors (Lipinski definition) is 1. The Balaban J connectivity index is 2.12. The molecule has 1 aromatic carbocycles. The number of ether oxygens (including phenoxy) is 1. The molecular weight excluding hydrogens is 276 g/mol. The van der Waals surface area contributed by atoms with Crippen LogP contribution in [0.3, 0.4) is 0 Å². The maximum atomic E-state index is 10.8. The van der Waals surface area contributed by atoms with Crippen LogP contribution in [0, 0.1) is 10.1 Å². The monoisotopic (exact) mass is 292 g/mol. The molecule has 0 amide bonds. The van der Waals surface area contributed by atoms with Crippen molar-refractivity contribution in [1.82, 2.24) is 0 Å². The summed E-state index contributed by atoms with van der Waals surface area (Å²) in [5.74, 6) is 0.266. The topological polar surface area (TPSA) is 64.4 Å². The smallest absolute Gasteiger partial charge is 0.311 e. The van der Waals surface area contributed by atoms with Crippen molar-refractivity contribution in [2.75, 3.05) is 12.4 Å². The number of nitro benzene ring substituents is 1. The number of nitro groups is 1. The van der Waals surface area contributed by atoms with E-state index in [0.29, 0.717) is 6.54 Å². The molecule has 2 aromatic rings. The minimum absolute atomic E-state index is 0.0246. The zero-order valence-electron chi connectivity index (χ0n) is 11.4. The molecule has 0 fully saturated rings. The van der Waals surface area contributed by atoms with Crippen LogP contribution in [0.15, 0.2) is 29.6 Å². The van der Waals surface area contributed by atoms with Crippen LogP contribution in [0.25, 0.3) is 0 Å². The van der Waals surface area contributed by atoms with Crippen LogP contribution in [-0.2, 0) is 13.0 Å². The van der Waals surface area contributed by atoms with Crippen molar-refractivity contribution in [2.24, 2.45) is 0 Å². The van der Waals surface area contributed by atoms with Crippen LogP contribution in [0.4, 0.5) is 11.4 Å². The molecule has 106 valence electrons. The Bertz CT molecular complexity index is 610. The Kier molecular flexibility index (Phi) is 4.57. The summed E-state index contributed by atoms with van der Waals surface area (Å²) in [5, 5.41) is 16.2. The number of aryl methyl sites for hydroxylation is 1. The molecule has 0 aliphatic carbocycles. The van der Waals surface area contributed by atoms with Crippen molar-refractivity contribution in [3.05, 3.63) is 50.2 Å². The van der Waals surface area contributed by atoms with Crippen LogP contribution in [0.5, 0.6) is 5.75 Å². The van der Waals surface area contributed by atoms with Gasteiger partial charge in [0.25, 0.3) is 0 Å². The Morgan fingerprint density at radius 1 is 1.40 bits per heavy atom. The summed E-state index contributed by atoms with van der Waals surface area (Å²) in [4.78, 5) is 11.7. The van der Waals surface area contributed by atoms with Crippen LogP contribution >= 0.6 is 11.3 Å². The van der Waals surface area contributed by atoms with E-state index in [9.17, 15) is 10.1 Å². The lowest BCUT2D eigenvalue weighted by Crippen LogP contribution is -2.01. The molecule has 0 saturated heterocycles. The van der Waals surface area contributed by atoms with Crippen molar-refractivity contribution in [3.8, 4) is 5.75 Å². The van der Waals surface area contributed by atoms with Gasteiger partial charge in [-0.2, -0.15) is 0 Å². The van der Waals surface area contributed by atoms with E-state index in [1.165, 1.54) is 23.6 Å².